The van der Waals surface area contributed by atoms with Gasteiger partial charge in [0.25, 0.3) is 0 Å². The minimum absolute atomic E-state index is 0.133. The third-order valence-corrected chi connectivity index (χ3v) is 6.25. The van der Waals surface area contributed by atoms with Crippen molar-refractivity contribution in [1.82, 2.24) is 4.90 Å². The number of ketones is 1. The van der Waals surface area contributed by atoms with E-state index in [1.54, 1.807) is 0 Å². The topological polar surface area (TPSA) is 37.4 Å². The summed E-state index contributed by atoms with van der Waals surface area (Å²) in [7, 11) is 0. The molecular formula is C24H23NO2S. The fraction of sp³-hybridized carbons (Fsp3) is 0.250. The van der Waals surface area contributed by atoms with E-state index in [0.29, 0.717) is 32.4 Å². The van der Waals surface area contributed by atoms with Crippen LogP contribution in [-0.2, 0) is 11.3 Å². The molecule has 0 N–H and O–H groups in total. The van der Waals surface area contributed by atoms with Crippen molar-refractivity contribution in [2.75, 3.05) is 6.54 Å². The Labute approximate surface area is 169 Å². The molecule has 0 fully saturated rings. The summed E-state index contributed by atoms with van der Waals surface area (Å²) in [5, 5.41) is 1.91. The van der Waals surface area contributed by atoms with Crippen LogP contribution < -0.4 is 0 Å². The van der Waals surface area contributed by atoms with Gasteiger partial charge in [0.15, 0.2) is 5.78 Å². The number of rotatable bonds is 6. The molecule has 1 amide bonds. The Morgan fingerprint density at radius 1 is 0.929 bits per heavy atom. The van der Waals surface area contributed by atoms with Crippen LogP contribution in [0.5, 0.6) is 0 Å². The summed E-state index contributed by atoms with van der Waals surface area (Å²) in [6.45, 7) is 1.34. The lowest BCUT2D eigenvalue weighted by molar-refractivity contribution is -0.132. The Morgan fingerprint density at radius 3 is 2.50 bits per heavy atom. The van der Waals surface area contributed by atoms with Crippen LogP contribution in [0.3, 0.4) is 0 Å². The van der Waals surface area contributed by atoms with E-state index in [2.05, 4.69) is 42.5 Å². The van der Waals surface area contributed by atoms with E-state index < -0.39 is 0 Å². The molecule has 142 valence electrons. The van der Waals surface area contributed by atoms with E-state index in [1.165, 1.54) is 28.0 Å². The summed E-state index contributed by atoms with van der Waals surface area (Å²) in [4.78, 5) is 27.8. The normalized spacial score (nSPS) is 15.9. The molecule has 1 unspecified atom stereocenters. The van der Waals surface area contributed by atoms with Crippen molar-refractivity contribution in [3.8, 4) is 0 Å². The minimum Gasteiger partial charge on any atom is -0.337 e. The average molecular weight is 390 g/mol. The second-order valence-corrected chi connectivity index (χ2v) is 8.14. The van der Waals surface area contributed by atoms with Gasteiger partial charge in [0, 0.05) is 31.8 Å². The number of benzene rings is 2. The molecule has 1 aliphatic rings. The van der Waals surface area contributed by atoms with E-state index in [1.807, 2.05) is 34.5 Å². The van der Waals surface area contributed by atoms with E-state index in [9.17, 15) is 9.59 Å². The second kappa shape index (κ2) is 8.53. The van der Waals surface area contributed by atoms with Gasteiger partial charge in [-0.25, -0.2) is 0 Å². The second-order valence-electron chi connectivity index (χ2n) is 7.19. The Balaban J connectivity index is 1.43. The standard InChI is InChI=1S/C24H23NO2S/c26-22(23-13-7-15-28-23)12-6-14-24(27)25-16-19-10-4-5-11-20(19)21(17-25)18-8-2-1-3-9-18/h1-5,7-11,13,15,21H,6,12,14,16-17H2. The molecule has 28 heavy (non-hydrogen) atoms. The van der Waals surface area contributed by atoms with Crippen molar-refractivity contribution in [2.45, 2.75) is 31.7 Å². The maximum absolute atomic E-state index is 12.9. The third kappa shape index (κ3) is 4.07. The van der Waals surface area contributed by atoms with E-state index >= 15 is 0 Å². The molecule has 1 aliphatic heterocycles. The Kier molecular flexibility index (Phi) is 5.68. The van der Waals surface area contributed by atoms with Gasteiger partial charge in [-0.15, -0.1) is 11.3 Å². The number of nitrogens with zero attached hydrogens (tertiary/aromatic N) is 1. The molecule has 0 spiro atoms. The lowest BCUT2D eigenvalue weighted by Gasteiger charge is -2.35. The zero-order valence-corrected chi connectivity index (χ0v) is 16.5. The summed E-state index contributed by atoms with van der Waals surface area (Å²) in [5.41, 5.74) is 3.76. The van der Waals surface area contributed by atoms with E-state index in [4.69, 9.17) is 0 Å². The fourth-order valence-corrected chi connectivity index (χ4v) is 4.58. The predicted octanol–water partition coefficient (Wildman–Crippen LogP) is 5.28. The summed E-state index contributed by atoms with van der Waals surface area (Å²) in [6.07, 6.45) is 1.45. The summed E-state index contributed by atoms with van der Waals surface area (Å²) < 4.78 is 0. The number of fused-ring (bicyclic) bond motifs is 1. The van der Waals surface area contributed by atoms with Crippen LogP contribution in [0.15, 0.2) is 72.1 Å². The first-order valence-corrected chi connectivity index (χ1v) is 10.6. The molecule has 1 atom stereocenters. The number of hydrogen-bond acceptors (Lipinski definition) is 3. The van der Waals surface area contributed by atoms with Gasteiger partial charge in [-0.2, -0.15) is 0 Å². The Hall–Kier alpha value is -2.72. The van der Waals surface area contributed by atoms with Crippen molar-refractivity contribution >= 4 is 23.0 Å². The van der Waals surface area contributed by atoms with Gasteiger partial charge in [0.05, 0.1) is 4.88 Å². The number of carbonyl (C=O) groups excluding carboxylic acids is 2. The van der Waals surface area contributed by atoms with Crippen LogP contribution in [-0.4, -0.2) is 23.1 Å². The van der Waals surface area contributed by atoms with E-state index in [-0.39, 0.29) is 17.6 Å². The highest BCUT2D eigenvalue weighted by molar-refractivity contribution is 7.12. The van der Waals surface area contributed by atoms with Gasteiger partial charge in [-0.1, -0.05) is 60.7 Å². The molecule has 3 nitrogen and oxygen atoms in total. The number of hydrogen-bond donors (Lipinski definition) is 0. The molecule has 0 bridgehead atoms. The highest BCUT2D eigenvalue weighted by atomic mass is 32.1. The van der Waals surface area contributed by atoms with Crippen molar-refractivity contribution in [1.29, 1.82) is 0 Å². The summed E-state index contributed by atoms with van der Waals surface area (Å²) in [5.74, 6) is 0.464. The highest BCUT2D eigenvalue weighted by Crippen LogP contribution is 2.33. The Bertz CT molecular complexity index is 950. The molecular weight excluding hydrogens is 366 g/mol. The van der Waals surface area contributed by atoms with Gasteiger partial charge in [-0.3, -0.25) is 9.59 Å². The first kappa shape index (κ1) is 18.6. The monoisotopic (exact) mass is 389 g/mol. The van der Waals surface area contributed by atoms with Crippen molar-refractivity contribution < 1.29 is 9.59 Å². The van der Waals surface area contributed by atoms with Crippen LogP contribution in [0, 0.1) is 0 Å². The fourth-order valence-electron chi connectivity index (χ4n) is 3.89. The highest BCUT2D eigenvalue weighted by Gasteiger charge is 2.28. The zero-order chi connectivity index (χ0) is 19.3. The third-order valence-electron chi connectivity index (χ3n) is 5.34. The lowest BCUT2D eigenvalue weighted by Crippen LogP contribution is -2.38. The van der Waals surface area contributed by atoms with Gasteiger partial charge < -0.3 is 4.90 Å². The summed E-state index contributed by atoms with van der Waals surface area (Å²) in [6, 6.07) is 22.5. The van der Waals surface area contributed by atoms with Crippen LogP contribution in [0.4, 0.5) is 0 Å². The quantitative estimate of drug-likeness (QED) is 0.538. The molecule has 1 aromatic heterocycles. The van der Waals surface area contributed by atoms with Gasteiger partial charge >= 0.3 is 0 Å². The van der Waals surface area contributed by atoms with Gasteiger partial charge in [0.2, 0.25) is 5.91 Å². The van der Waals surface area contributed by atoms with Crippen LogP contribution in [0.2, 0.25) is 0 Å². The first-order chi connectivity index (χ1) is 13.7. The van der Waals surface area contributed by atoms with Crippen LogP contribution >= 0.6 is 11.3 Å². The molecule has 3 aromatic rings. The van der Waals surface area contributed by atoms with Crippen LogP contribution in [0.25, 0.3) is 0 Å². The SMILES string of the molecule is O=C(CCCC(=O)N1Cc2ccccc2C(c2ccccc2)C1)c1cccs1. The molecule has 2 aromatic carbocycles. The maximum Gasteiger partial charge on any atom is 0.222 e. The van der Waals surface area contributed by atoms with Gasteiger partial charge in [-0.05, 0) is 34.6 Å². The molecule has 0 aliphatic carbocycles. The largest absolute Gasteiger partial charge is 0.337 e. The van der Waals surface area contributed by atoms with E-state index in [0.717, 1.165) is 4.88 Å². The smallest absolute Gasteiger partial charge is 0.222 e. The number of thiophene rings is 1. The molecule has 4 heteroatoms. The van der Waals surface area contributed by atoms with Crippen molar-refractivity contribution in [2.24, 2.45) is 0 Å². The number of amides is 1. The molecule has 2 heterocycles. The average Bonchev–Trinajstić information content (AvgIpc) is 3.28. The number of Topliss-reactive ketones (excluding diaryl/α,β-unsaturated/α-hetero) is 1. The van der Waals surface area contributed by atoms with Crippen molar-refractivity contribution in [3.05, 3.63) is 93.7 Å². The molecule has 0 saturated carbocycles. The van der Waals surface area contributed by atoms with Crippen LogP contribution in [0.1, 0.15) is 51.5 Å². The van der Waals surface area contributed by atoms with Gasteiger partial charge in [0.1, 0.15) is 0 Å². The molecule has 0 radical (unpaired) electrons. The predicted molar refractivity (Wildman–Crippen MR) is 113 cm³/mol. The Morgan fingerprint density at radius 2 is 1.71 bits per heavy atom. The summed E-state index contributed by atoms with van der Waals surface area (Å²) >= 11 is 1.46. The molecule has 0 saturated heterocycles. The first-order valence-electron chi connectivity index (χ1n) is 9.69. The zero-order valence-electron chi connectivity index (χ0n) is 15.7. The number of carbonyl (C=O) groups is 2. The molecule has 4 rings (SSSR count). The van der Waals surface area contributed by atoms with Crippen molar-refractivity contribution in [3.63, 3.8) is 0 Å². The lowest BCUT2D eigenvalue weighted by atomic mass is 9.84. The minimum atomic E-state index is 0.133. The maximum atomic E-state index is 12.9.